The van der Waals surface area contributed by atoms with Gasteiger partial charge >= 0.3 is 0 Å². The lowest BCUT2D eigenvalue weighted by atomic mass is 9.90. The van der Waals surface area contributed by atoms with Gasteiger partial charge in [-0.2, -0.15) is 0 Å². The first-order valence-corrected chi connectivity index (χ1v) is 5.79. The molecule has 0 spiro atoms. The fraction of sp³-hybridized carbons (Fsp3) is 0.0833. The maximum Gasteiger partial charge on any atom is 0.200 e. The lowest BCUT2D eigenvalue weighted by Gasteiger charge is -2.18. The second-order valence-electron chi connectivity index (χ2n) is 3.62. The average molecular weight is 210 g/mol. The number of rotatable bonds is 0. The highest BCUT2D eigenvalue weighted by Gasteiger charge is 2.24. The van der Waals surface area contributed by atoms with Crippen molar-refractivity contribution in [1.29, 1.82) is 0 Å². The van der Waals surface area contributed by atoms with Crippen molar-refractivity contribution < 1.29 is 4.79 Å². The van der Waals surface area contributed by atoms with E-state index >= 15 is 0 Å². The number of benzene rings is 1. The molecule has 1 aromatic carbocycles. The molecule has 71 valence electrons. The number of carbonyl (C=O) groups excluding carboxylic acids is 1. The number of Topliss-reactive ketones (excluding diaryl/α,β-unsaturated/α-hetero) is 1. The summed E-state index contributed by atoms with van der Waals surface area (Å²) in [5.74, 6) is 0.165. The monoisotopic (exact) mass is 210 g/mol. The standard InChI is InChI=1S/C12H8NOSi/c14-11-10-4-2-1-3-8(10)7-9-5-6-13-15-12(9)11/h1-6H,7H2. The van der Waals surface area contributed by atoms with Crippen LogP contribution in [0.3, 0.4) is 0 Å². The maximum absolute atomic E-state index is 12.1. The quantitative estimate of drug-likeness (QED) is 0.603. The molecular formula is C12H8NOSi. The van der Waals surface area contributed by atoms with E-state index < -0.39 is 0 Å². The first-order chi connectivity index (χ1) is 7.36. The summed E-state index contributed by atoms with van der Waals surface area (Å²) in [4.78, 5) is 12.1. The van der Waals surface area contributed by atoms with Crippen LogP contribution in [0.1, 0.15) is 15.9 Å². The highest BCUT2D eigenvalue weighted by Crippen LogP contribution is 2.26. The molecule has 1 aliphatic heterocycles. The molecule has 0 N–H and O–H groups in total. The van der Waals surface area contributed by atoms with Crippen LogP contribution in [0.4, 0.5) is 0 Å². The van der Waals surface area contributed by atoms with Gasteiger partial charge in [-0.05, 0) is 23.6 Å². The number of ketones is 1. The van der Waals surface area contributed by atoms with Crippen molar-refractivity contribution in [2.24, 2.45) is 4.63 Å². The molecule has 0 amide bonds. The normalized spacial score (nSPS) is 17.7. The Balaban J connectivity index is 2.20. The molecule has 1 aliphatic carbocycles. The molecule has 0 unspecified atom stereocenters. The zero-order valence-corrected chi connectivity index (χ0v) is 9.03. The molecule has 15 heavy (non-hydrogen) atoms. The molecule has 0 saturated heterocycles. The molecule has 0 fully saturated rings. The summed E-state index contributed by atoms with van der Waals surface area (Å²) in [7, 11) is 0.292. The van der Waals surface area contributed by atoms with Crippen molar-refractivity contribution in [3.05, 3.63) is 58.4 Å². The van der Waals surface area contributed by atoms with Crippen LogP contribution in [-0.4, -0.2) is 15.1 Å². The third-order valence-electron chi connectivity index (χ3n) is 2.72. The largest absolute Gasteiger partial charge is 0.302 e. The molecule has 2 aliphatic rings. The van der Waals surface area contributed by atoms with Gasteiger partial charge < -0.3 is 4.63 Å². The Morgan fingerprint density at radius 2 is 2.13 bits per heavy atom. The van der Waals surface area contributed by atoms with Gasteiger partial charge in [-0.25, -0.2) is 0 Å². The topological polar surface area (TPSA) is 29.4 Å². The number of carbonyl (C=O) groups is 1. The molecule has 2 nitrogen and oxygen atoms in total. The van der Waals surface area contributed by atoms with Crippen LogP contribution >= 0.6 is 0 Å². The van der Waals surface area contributed by atoms with E-state index in [1.807, 2.05) is 30.3 Å². The Morgan fingerprint density at radius 1 is 1.27 bits per heavy atom. The maximum atomic E-state index is 12.1. The zero-order chi connectivity index (χ0) is 10.3. The van der Waals surface area contributed by atoms with Crippen LogP contribution in [0.2, 0.25) is 0 Å². The van der Waals surface area contributed by atoms with E-state index in [0.717, 1.165) is 28.3 Å². The van der Waals surface area contributed by atoms with Gasteiger partial charge in [-0.1, -0.05) is 24.3 Å². The summed E-state index contributed by atoms with van der Waals surface area (Å²) < 4.78 is 4.15. The summed E-state index contributed by atoms with van der Waals surface area (Å²) in [5.41, 5.74) is 3.14. The molecule has 0 saturated carbocycles. The zero-order valence-electron chi connectivity index (χ0n) is 8.03. The van der Waals surface area contributed by atoms with E-state index in [2.05, 4.69) is 4.63 Å². The second-order valence-corrected chi connectivity index (χ2v) is 4.60. The van der Waals surface area contributed by atoms with E-state index in [9.17, 15) is 4.79 Å². The Kier molecular flexibility index (Phi) is 1.85. The van der Waals surface area contributed by atoms with E-state index in [-0.39, 0.29) is 5.78 Å². The minimum atomic E-state index is 0.165. The molecule has 0 aromatic heterocycles. The smallest absolute Gasteiger partial charge is 0.200 e. The summed E-state index contributed by atoms with van der Waals surface area (Å²) in [6, 6.07) is 7.84. The van der Waals surface area contributed by atoms with E-state index in [4.69, 9.17) is 0 Å². The van der Waals surface area contributed by atoms with Crippen LogP contribution in [-0.2, 0) is 6.42 Å². The summed E-state index contributed by atoms with van der Waals surface area (Å²) >= 11 is 0. The first-order valence-electron chi connectivity index (χ1n) is 4.84. The number of hydrogen-bond donors (Lipinski definition) is 0. The number of hydrogen-bond acceptors (Lipinski definition) is 2. The molecule has 1 aromatic rings. The predicted octanol–water partition coefficient (Wildman–Crippen LogP) is 2.09. The Hall–Kier alpha value is -1.61. The van der Waals surface area contributed by atoms with E-state index in [1.54, 1.807) is 6.20 Å². The van der Waals surface area contributed by atoms with Gasteiger partial charge in [0.25, 0.3) is 0 Å². The summed E-state index contributed by atoms with van der Waals surface area (Å²) in [6.07, 6.45) is 4.63. The Morgan fingerprint density at radius 3 is 3.07 bits per heavy atom. The molecule has 1 radical (unpaired) electrons. The number of nitrogens with zero attached hydrogens (tertiary/aromatic N) is 1. The molecular weight excluding hydrogens is 202 g/mol. The third-order valence-corrected chi connectivity index (χ3v) is 3.77. The Bertz CT molecular complexity index is 540. The van der Waals surface area contributed by atoms with Crippen molar-refractivity contribution in [3.8, 4) is 0 Å². The van der Waals surface area contributed by atoms with Gasteiger partial charge in [0.15, 0.2) is 15.1 Å². The Labute approximate surface area is 89.9 Å². The van der Waals surface area contributed by atoms with Gasteiger partial charge in [0.05, 0.1) is 0 Å². The molecule has 0 atom stereocenters. The van der Waals surface area contributed by atoms with E-state index in [0.29, 0.717) is 9.31 Å². The van der Waals surface area contributed by atoms with Crippen molar-refractivity contribution in [2.45, 2.75) is 6.42 Å². The number of allylic oxidation sites excluding steroid dienone is 3. The van der Waals surface area contributed by atoms with Gasteiger partial charge in [0, 0.05) is 17.0 Å². The highest BCUT2D eigenvalue weighted by atomic mass is 28.2. The first kappa shape index (κ1) is 8.68. The van der Waals surface area contributed by atoms with E-state index in [1.165, 1.54) is 0 Å². The molecule has 3 heteroatoms. The fourth-order valence-corrected chi connectivity index (χ4v) is 2.79. The SMILES string of the molecule is O=C1C2=C(C=CN=[Si]2)Cc2ccccc21. The minimum Gasteiger partial charge on any atom is -0.302 e. The minimum absolute atomic E-state index is 0.165. The average Bonchev–Trinajstić information content (AvgIpc) is 2.30. The van der Waals surface area contributed by atoms with Gasteiger partial charge in [-0.15, -0.1) is 0 Å². The molecule has 1 heterocycles. The van der Waals surface area contributed by atoms with Crippen LogP contribution in [0.15, 0.2) is 51.9 Å². The van der Waals surface area contributed by atoms with Crippen molar-refractivity contribution in [2.75, 3.05) is 0 Å². The van der Waals surface area contributed by atoms with Gasteiger partial charge in [-0.3, -0.25) is 4.79 Å². The van der Waals surface area contributed by atoms with Gasteiger partial charge in [0.1, 0.15) is 0 Å². The van der Waals surface area contributed by atoms with Crippen LogP contribution in [0, 0.1) is 0 Å². The van der Waals surface area contributed by atoms with Crippen LogP contribution < -0.4 is 0 Å². The van der Waals surface area contributed by atoms with Crippen LogP contribution in [0.25, 0.3) is 0 Å². The lowest BCUT2D eigenvalue weighted by Crippen LogP contribution is -2.18. The molecule has 3 rings (SSSR count). The van der Waals surface area contributed by atoms with Crippen molar-refractivity contribution in [1.82, 2.24) is 0 Å². The summed E-state index contributed by atoms with van der Waals surface area (Å²) in [6.45, 7) is 0. The lowest BCUT2D eigenvalue weighted by molar-refractivity contribution is 0.103. The van der Waals surface area contributed by atoms with Crippen molar-refractivity contribution >= 4 is 15.1 Å². The molecule has 0 bridgehead atoms. The van der Waals surface area contributed by atoms with Crippen molar-refractivity contribution in [3.63, 3.8) is 0 Å². The van der Waals surface area contributed by atoms with Gasteiger partial charge in [0.2, 0.25) is 0 Å². The fourth-order valence-electron chi connectivity index (χ4n) is 1.96. The predicted molar refractivity (Wildman–Crippen MR) is 58.8 cm³/mol. The third kappa shape index (κ3) is 1.27. The second kappa shape index (κ2) is 3.20. The van der Waals surface area contributed by atoms with Crippen LogP contribution in [0.5, 0.6) is 0 Å². The highest BCUT2D eigenvalue weighted by molar-refractivity contribution is 6.48. The number of fused-ring (bicyclic) bond motifs is 1. The summed E-state index contributed by atoms with van der Waals surface area (Å²) in [5, 5.41) is 0.899.